The van der Waals surface area contributed by atoms with Gasteiger partial charge in [0.1, 0.15) is 5.82 Å². The molecular weight excluding hydrogens is 188 g/mol. The van der Waals surface area contributed by atoms with Crippen molar-refractivity contribution >= 4 is 5.69 Å². The van der Waals surface area contributed by atoms with Gasteiger partial charge in [0.05, 0.1) is 6.04 Å². The van der Waals surface area contributed by atoms with E-state index in [2.05, 4.69) is 27.2 Å². The van der Waals surface area contributed by atoms with Gasteiger partial charge in [-0.25, -0.2) is 4.98 Å². The number of nitrogens with one attached hydrogen (secondary N) is 2. The van der Waals surface area contributed by atoms with Crippen molar-refractivity contribution in [2.75, 3.05) is 5.32 Å². The van der Waals surface area contributed by atoms with Gasteiger partial charge in [-0.05, 0) is 25.5 Å². The topological polar surface area (TPSA) is 53.6 Å². The largest absolute Gasteiger partial charge is 0.375 e. The predicted molar refractivity (Wildman–Crippen MR) is 59.6 cm³/mol. The van der Waals surface area contributed by atoms with E-state index in [0.29, 0.717) is 0 Å². The number of aryl methyl sites for hydroxylation is 1. The molecule has 0 saturated heterocycles. The molecule has 4 nitrogen and oxygen atoms in total. The Bertz CT molecular complexity index is 422. The summed E-state index contributed by atoms with van der Waals surface area (Å²) in [5.41, 5.74) is 2.23. The number of nitrogens with zero attached hydrogens (tertiary/aromatic N) is 2. The van der Waals surface area contributed by atoms with Crippen molar-refractivity contribution in [1.29, 1.82) is 0 Å². The number of aromatic amines is 1. The Labute approximate surface area is 88.8 Å². The summed E-state index contributed by atoms with van der Waals surface area (Å²) in [6.45, 7) is 4.10. The van der Waals surface area contributed by atoms with Gasteiger partial charge in [0.15, 0.2) is 0 Å². The van der Waals surface area contributed by atoms with Crippen LogP contribution in [0.5, 0.6) is 0 Å². The van der Waals surface area contributed by atoms with E-state index >= 15 is 0 Å². The first-order valence-corrected chi connectivity index (χ1v) is 4.94. The molecule has 0 aliphatic carbocycles. The third-order valence-corrected chi connectivity index (χ3v) is 2.32. The minimum atomic E-state index is 0.168. The van der Waals surface area contributed by atoms with Gasteiger partial charge in [-0.2, -0.15) is 0 Å². The van der Waals surface area contributed by atoms with Gasteiger partial charge in [0.2, 0.25) is 0 Å². The quantitative estimate of drug-likeness (QED) is 0.802. The smallest absolute Gasteiger partial charge is 0.128 e. The van der Waals surface area contributed by atoms with Crippen molar-refractivity contribution in [2.45, 2.75) is 19.9 Å². The number of aromatic nitrogens is 3. The highest BCUT2D eigenvalue weighted by Gasteiger charge is 2.07. The molecule has 2 N–H and O–H groups in total. The Morgan fingerprint density at radius 1 is 1.40 bits per heavy atom. The van der Waals surface area contributed by atoms with Gasteiger partial charge in [-0.1, -0.05) is 0 Å². The van der Waals surface area contributed by atoms with Crippen LogP contribution < -0.4 is 5.32 Å². The fourth-order valence-corrected chi connectivity index (χ4v) is 1.45. The molecule has 0 amide bonds. The van der Waals surface area contributed by atoms with Gasteiger partial charge >= 0.3 is 0 Å². The highest BCUT2D eigenvalue weighted by atomic mass is 15.0. The number of H-pyrrole nitrogens is 1. The molecule has 0 aliphatic rings. The van der Waals surface area contributed by atoms with Crippen molar-refractivity contribution in [3.05, 3.63) is 42.2 Å². The van der Waals surface area contributed by atoms with Crippen LogP contribution in [0, 0.1) is 6.92 Å². The second-order valence-corrected chi connectivity index (χ2v) is 3.53. The number of imidazole rings is 1. The maximum atomic E-state index is 4.21. The maximum Gasteiger partial charge on any atom is 0.128 e. The minimum Gasteiger partial charge on any atom is -0.375 e. The number of hydrogen-bond acceptors (Lipinski definition) is 3. The van der Waals surface area contributed by atoms with Crippen LogP contribution in [0.4, 0.5) is 5.69 Å². The summed E-state index contributed by atoms with van der Waals surface area (Å²) in [4.78, 5) is 11.3. The Morgan fingerprint density at radius 3 is 2.93 bits per heavy atom. The van der Waals surface area contributed by atoms with E-state index in [-0.39, 0.29) is 6.04 Å². The lowest BCUT2D eigenvalue weighted by Gasteiger charge is -2.14. The predicted octanol–water partition coefficient (Wildman–Crippen LogP) is 2.29. The van der Waals surface area contributed by atoms with Gasteiger partial charge in [0.25, 0.3) is 0 Å². The van der Waals surface area contributed by atoms with E-state index in [1.807, 2.05) is 25.4 Å². The molecule has 0 aliphatic heterocycles. The second-order valence-electron chi connectivity index (χ2n) is 3.53. The van der Waals surface area contributed by atoms with Crippen LogP contribution >= 0.6 is 0 Å². The van der Waals surface area contributed by atoms with Crippen LogP contribution in [-0.2, 0) is 0 Å². The van der Waals surface area contributed by atoms with Crippen LogP contribution in [0.1, 0.15) is 24.4 Å². The molecule has 2 aromatic heterocycles. The molecule has 0 aromatic carbocycles. The second kappa shape index (κ2) is 4.13. The van der Waals surface area contributed by atoms with E-state index < -0.39 is 0 Å². The van der Waals surface area contributed by atoms with E-state index in [4.69, 9.17) is 0 Å². The average Bonchev–Trinajstić information content (AvgIpc) is 2.74. The molecule has 2 aromatic rings. The Morgan fingerprint density at radius 2 is 2.27 bits per heavy atom. The molecule has 15 heavy (non-hydrogen) atoms. The summed E-state index contributed by atoms with van der Waals surface area (Å²) >= 11 is 0. The lowest BCUT2D eigenvalue weighted by Crippen LogP contribution is -2.09. The summed E-state index contributed by atoms with van der Waals surface area (Å²) in [5.74, 6) is 0.936. The monoisotopic (exact) mass is 202 g/mol. The molecule has 2 heterocycles. The zero-order valence-electron chi connectivity index (χ0n) is 8.86. The summed E-state index contributed by atoms with van der Waals surface area (Å²) < 4.78 is 0. The molecule has 0 bridgehead atoms. The van der Waals surface area contributed by atoms with Crippen LogP contribution in [-0.4, -0.2) is 15.0 Å². The van der Waals surface area contributed by atoms with Gasteiger partial charge in [-0.15, -0.1) is 0 Å². The fourth-order valence-electron chi connectivity index (χ4n) is 1.45. The molecule has 78 valence electrons. The Hall–Kier alpha value is -1.84. The zero-order valence-corrected chi connectivity index (χ0v) is 8.86. The molecule has 0 fully saturated rings. The number of anilines is 1. The normalized spacial score (nSPS) is 12.4. The van der Waals surface area contributed by atoms with Gasteiger partial charge in [-0.3, -0.25) is 4.98 Å². The van der Waals surface area contributed by atoms with Crippen molar-refractivity contribution < 1.29 is 0 Å². The first kappa shape index (κ1) is 9.71. The third-order valence-electron chi connectivity index (χ3n) is 2.32. The molecule has 4 heteroatoms. The molecular formula is C11H14N4. The van der Waals surface area contributed by atoms with E-state index in [1.165, 1.54) is 0 Å². The lowest BCUT2D eigenvalue weighted by molar-refractivity contribution is 0.808. The van der Waals surface area contributed by atoms with Crippen molar-refractivity contribution in [3.63, 3.8) is 0 Å². The number of rotatable bonds is 3. The summed E-state index contributed by atoms with van der Waals surface area (Å²) in [5, 5.41) is 3.38. The van der Waals surface area contributed by atoms with Gasteiger partial charge in [0, 0.05) is 30.5 Å². The van der Waals surface area contributed by atoms with E-state index in [9.17, 15) is 0 Å². The highest BCUT2D eigenvalue weighted by Crippen LogP contribution is 2.18. The fraction of sp³-hybridized carbons (Fsp3) is 0.273. The number of pyridine rings is 1. The Kier molecular flexibility index (Phi) is 2.67. The maximum absolute atomic E-state index is 4.21. The van der Waals surface area contributed by atoms with Crippen LogP contribution in [0.25, 0.3) is 0 Å². The van der Waals surface area contributed by atoms with Crippen LogP contribution in [0.15, 0.2) is 30.9 Å². The first-order chi connectivity index (χ1) is 7.27. The summed E-state index contributed by atoms with van der Waals surface area (Å²) in [7, 11) is 0. The van der Waals surface area contributed by atoms with Crippen molar-refractivity contribution in [2.24, 2.45) is 0 Å². The first-order valence-electron chi connectivity index (χ1n) is 4.94. The van der Waals surface area contributed by atoms with Crippen molar-refractivity contribution in [1.82, 2.24) is 15.0 Å². The Balaban J connectivity index is 2.13. The van der Waals surface area contributed by atoms with E-state index in [0.717, 1.165) is 17.1 Å². The van der Waals surface area contributed by atoms with Gasteiger partial charge < -0.3 is 10.3 Å². The summed E-state index contributed by atoms with van der Waals surface area (Å²) in [6.07, 6.45) is 7.21. The van der Waals surface area contributed by atoms with Crippen LogP contribution in [0.3, 0.4) is 0 Å². The summed E-state index contributed by atoms with van der Waals surface area (Å²) in [6, 6.07) is 2.13. The lowest BCUT2D eigenvalue weighted by atomic mass is 10.2. The SMILES string of the molecule is Cc1cnccc1NC(C)c1ncc[nH]1. The van der Waals surface area contributed by atoms with Crippen LogP contribution in [0.2, 0.25) is 0 Å². The molecule has 1 unspecified atom stereocenters. The molecule has 0 radical (unpaired) electrons. The van der Waals surface area contributed by atoms with Crippen molar-refractivity contribution in [3.8, 4) is 0 Å². The highest BCUT2D eigenvalue weighted by molar-refractivity contribution is 5.49. The third kappa shape index (κ3) is 2.15. The standard InChI is InChI=1S/C11H14N4/c1-8-7-12-4-3-10(8)15-9(2)11-13-5-6-14-11/h3-7,9H,1-2H3,(H,12,15)(H,13,14). The zero-order chi connectivity index (χ0) is 10.7. The molecule has 0 spiro atoms. The number of hydrogen-bond donors (Lipinski definition) is 2. The van der Waals surface area contributed by atoms with E-state index in [1.54, 1.807) is 12.4 Å². The molecule has 0 saturated carbocycles. The molecule has 1 atom stereocenters. The minimum absolute atomic E-state index is 0.168. The molecule has 2 rings (SSSR count). The average molecular weight is 202 g/mol.